The van der Waals surface area contributed by atoms with Gasteiger partial charge in [0.05, 0.1) is 6.54 Å². The molecule has 0 unspecified atom stereocenters. The number of rotatable bonds is 9. The quantitative estimate of drug-likeness (QED) is 0.527. The molecule has 1 aromatic rings. The van der Waals surface area contributed by atoms with Gasteiger partial charge in [0, 0.05) is 5.69 Å². The summed E-state index contributed by atoms with van der Waals surface area (Å²) in [5.41, 5.74) is 7.55. The number of unbranched alkanes of at least 4 members (excludes halogenated alkanes) is 1. The van der Waals surface area contributed by atoms with E-state index in [0.29, 0.717) is 0 Å². The maximum Gasteiger partial charge on any atom is 0.0635 e. The summed E-state index contributed by atoms with van der Waals surface area (Å²) in [5.74, 6) is 0. The fraction of sp³-hybridized carbons (Fsp3) is 0.632. The van der Waals surface area contributed by atoms with E-state index >= 15 is 0 Å². The van der Waals surface area contributed by atoms with E-state index in [9.17, 15) is 0 Å². The number of aliphatic imine (C=N–C) groups is 1. The third-order valence-corrected chi connectivity index (χ3v) is 3.38. The van der Waals surface area contributed by atoms with Gasteiger partial charge in [0.15, 0.2) is 0 Å². The number of nitrogens with zero attached hydrogens (tertiary/aromatic N) is 2. The van der Waals surface area contributed by atoms with Crippen LogP contribution in [0, 0.1) is 0 Å². The first kappa shape index (κ1) is 20.6. The molecule has 0 radical (unpaired) electrons. The van der Waals surface area contributed by atoms with Crippen LogP contribution >= 0.6 is 0 Å². The number of hydrogen-bond donors (Lipinski definition) is 1. The molecule has 0 fully saturated rings. The maximum absolute atomic E-state index is 5.54. The van der Waals surface area contributed by atoms with E-state index in [1.165, 1.54) is 44.5 Å². The van der Waals surface area contributed by atoms with E-state index in [4.69, 9.17) is 5.73 Å². The van der Waals surface area contributed by atoms with Crippen LogP contribution in [0.4, 0.5) is 5.69 Å². The lowest BCUT2D eigenvalue weighted by molar-refractivity contribution is 0.284. The molecule has 0 aliphatic carbocycles. The highest BCUT2D eigenvalue weighted by Crippen LogP contribution is 2.05. The molecule has 0 heterocycles. The summed E-state index contributed by atoms with van der Waals surface area (Å²) < 4.78 is 0. The van der Waals surface area contributed by atoms with Crippen LogP contribution in [0.2, 0.25) is 0 Å². The van der Waals surface area contributed by atoms with Gasteiger partial charge in [-0.15, -0.1) is 0 Å². The van der Waals surface area contributed by atoms with Crippen molar-refractivity contribution < 1.29 is 0 Å². The largest absolute Gasteiger partial charge is 0.399 e. The molecule has 2 N–H and O–H groups in total. The third kappa shape index (κ3) is 11.3. The van der Waals surface area contributed by atoms with E-state index in [1.54, 1.807) is 0 Å². The van der Waals surface area contributed by atoms with E-state index in [0.717, 1.165) is 18.7 Å². The van der Waals surface area contributed by atoms with Crippen LogP contribution in [-0.4, -0.2) is 30.7 Å². The second-order valence-corrected chi connectivity index (χ2v) is 5.46. The predicted molar refractivity (Wildman–Crippen MR) is 101 cm³/mol. The van der Waals surface area contributed by atoms with Crippen molar-refractivity contribution in [3.05, 3.63) is 29.8 Å². The summed E-state index contributed by atoms with van der Waals surface area (Å²) in [5, 5.41) is 0. The van der Waals surface area contributed by atoms with Gasteiger partial charge in [0.2, 0.25) is 0 Å². The van der Waals surface area contributed by atoms with E-state index in [2.05, 4.69) is 37.6 Å². The fourth-order valence-electron chi connectivity index (χ4n) is 2.05. The zero-order chi connectivity index (χ0) is 16.6. The van der Waals surface area contributed by atoms with Crippen LogP contribution in [-0.2, 0) is 6.54 Å². The summed E-state index contributed by atoms with van der Waals surface area (Å²) in [4.78, 5) is 6.74. The molecule has 0 saturated carbocycles. The molecule has 1 rings (SSSR count). The Balaban J connectivity index is 0.000000409. The van der Waals surface area contributed by atoms with Crippen molar-refractivity contribution >= 4 is 11.9 Å². The summed E-state index contributed by atoms with van der Waals surface area (Å²) in [6.07, 6.45) is 6.89. The first-order valence-electron chi connectivity index (χ1n) is 8.72. The third-order valence-electron chi connectivity index (χ3n) is 3.38. The van der Waals surface area contributed by atoms with Crippen molar-refractivity contribution in [3.63, 3.8) is 0 Å². The second-order valence-electron chi connectivity index (χ2n) is 5.46. The Kier molecular flexibility index (Phi) is 13.7. The van der Waals surface area contributed by atoms with Crippen molar-refractivity contribution in [1.82, 2.24) is 4.90 Å². The monoisotopic (exact) mass is 305 g/mol. The average Bonchev–Trinajstić information content (AvgIpc) is 2.54. The standard InChI is InChI=1S/C10H14N2.C9H21N/c1-2-7-12-8-9-3-5-10(11)6-4-9;1-4-7-9-10(6-3)8-5-2/h3-7H,2,8,11H2,1H3;4-9H2,1-3H3. The van der Waals surface area contributed by atoms with Crippen LogP contribution < -0.4 is 5.73 Å². The Morgan fingerprint density at radius 2 is 1.68 bits per heavy atom. The minimum absolute atomic E-state index is 0.758. The average molecular weight is 306 g/mol. The highest BCUT2D eigenvalue weighted by Gasteiger charge is 1.97. The van der Waals surface area contributed by atoms with E-state index in [1.807, 2.05) is 30.5 Å². The van der Waals surface area contributed by atoms with Crippen LogP contribution in [0.5, 0.6) is 0 Å². The highest BCUT2D eigenvalue weighted by molar-refractivity contribution is 5.56. The van der Waals surface area contributed by atoms with Crippen molar-refractivity contribution in [3.8, 4) is 0 Å². The molecular formula is C19H35N3. The molecule has 0 bridgehead atoms. The molecule has 0 aromatic heterocycles. The maximum atomic E-state index is 5.54. The molecule has 126 valence electrons. The van der Waals surface area contributed by atoms with Crippen LogP contribution in [0.1, 0.15) is 58.9 Å². The van der Waals surface area contributed by atoms with Crippen molar-refractivity contribution in [2.45, 2.75) is 59.9 Å². The topological polar surface area (TPSA) is 41.6 Å². The Labute approximate surface area is 137 Å². The number of hydrogen-bond acceptors (Lipinski definition) is 3. The van der Waals surface area contributed by atoms with E-state index < -0.39 is 0 Å². The molecule has 0 saturated heterocycles. The summed E-state index contributed by atoms with van der Waals surface area (Å²) in [7, 11) is 0. The van der Waals surface area contributed by atoms with Gasteiger partial charge in [-0.05, 0) is 62.8 Å². The molecule has 3 heteroatoms. The minimum atomic E-state index is 0.758. The van der Waals surface area contributed by atoms with E-state index in [-0.39, 0.29) is 0 Å². The lowest BCUT2D eigenvalue weighted by atomic mass is 10.2. The number of anilines is 1. The summed E-state index contributed by atoms with van der Waals surface area (Å²) in [6.45, 7) is 13.4. The number of nitrogen functional groups attached to an aromatic ring is 1. The Hall–Kier alpha value is -1.35. The smallest absolute Gasteiger partial charge is 0.0635 e. The zero-order valence-corrected chi connectivity index (χ0v) is 15.0. The van der Waals surface area contributed by atoms with Gasteiger partial charge in [-0.1, -0.05) is 46.2 Å². The van der Waals surface area contributed by atoms with Gasteiger partial charge < -0.3 is 10.6 Å². The SMILES string of the molecule is CCC=NCc1ccc(N)cc1.CCCCN(CC)CCC. The van der Waals surface area contributed by atoms with Gasteiger partial charge in [-0.3, -0.25) is 4.99 Å². The fourth-order valence-corrected chi connectivity index (χ4v) is 2.05. The first-order chi connectivity index (χ1) is 10.7. The predicted octanol–water partition coefficient (Wildman–Crippen LogP) is 4.77. The van der Waals surface area contributed by atoms with Crippen molar-refractivity contribution in [1.29, 1.82) is 0 Å². The summed E-state index contributed by atoms with van der Waals surface area (Å²) in [6, 6.07) is 7.80. The normalized spacial score (nSPS) is 10.8. The van der Waals surface area contributed by atoms with Gasteiger partial charge in [-0.2, -0.15) is 0 Å². The number of benzene rings is 1. The molecule has 0 aliphatic heterocycles. The molecule has 1 aromatic carbocycles. The first-order valence-corrected chi connectivity index (χ1v) is 8.72. The zero-order valence-electron chi connectivity index (χ0n) is 15.0. The van der Waals surface area contributed by atoms with Gasteiger partial charge in [-0.25, -0.2) is 0 Å². The highest BCUT2D eigenvalue weighted by atomic mass is 15.1. The Morgan fingerprint density at radius 3 is 2.18 bits per heavy atom. The van der Waals surface area contributed by atoms with Crippen LogP contribution in [0.15, 0.2) is 29.3 Å². The van der Waals surface area contributed by atoms with Crippen LogP contribution in [0.3, 0.4) is 0 Å². The minimum Gasteiger partial charge on any atom is -0.399 e. The van der Waals surface area contributed by atoms with Crippen molar-refractivity contribution in [2.24, 2.45) is 4.99 Å². The summed E-state index contributed by atoms with van der Waals surface area (Å²) >= 11 is 0. The van der Waals surface area contributed by atoms with Crippen LogP contribution in [0.25, 0.3) is 0 Å². The van der Waals surface area contributed by atoms with Gasteiger partial charge in [0.1, 0.15) is 0 Å². The second kappa shape index (κ2) is 14.6. The van der Waals surface area contributed by atoms with Gasteiger partial charge >= 0.3 is 0 Å². The lowest BCUT2D eigenvalue weighted by Crippen LogP contribution is -2.25. The molecule has 0 spiro atoms. The molecule has 0 amide bonds. The Morgan fingerprint density at radius 1 is 1.00 bits per heavy atom. The molecule has 0 aliphatic rings. The Bertz CT molecular complexity index is 371. The number of nitrogens with two attached hydrogens (primary N) is 1. The molecule has 0 atom stereocenters. The lowest BCUT2D eigenvalue weighted by Gasteiger charge is -2.18. The van der Waals surface area contributed by atoms with Gasteiger partial charge in [0.25, 0.3) is 0 Å². The molecule has 3 nitrogen and oxygen atoms in total. The molecular weight excluding hydrogens is 270 g/mol. The van der Waals surface area contributed by atoms with Crippen molar-refractivity contribution in [2.75, 3.05) is 25.4 Å². The molecule has 22 heavy (non-hydrogen) atoms.